The predicted molar refractivity (Wildman–Crippen MR) is 102 cm³/mol. The summed E-state index contributed by atoms with van der Waals surface area (Å²) in [5, 5.41) is 2.28. The van der Waals surface area contributed by atoms with Gasteiger partial charge in [0.05, 0.1) is 5.75 Å². The highest BCUT2D eigenvalue weighted by Gasteiger charge is 2.35. The minimum absolute atomic E-state index is 0.152. The van der Waals surface area contributed by atoms with Crippen molar-refractivity contribution in [2.24, 2.45) is 5.92 Å². The first-order valence-electron chi connectivity index (χ1n) is 7.81. The van der Waals surface area contributed by atoms with Crippen LogP contribution in [0.5, 0.6) is 0 Å². The lowest BCUT2D eigenvalue weighted by Crippen LogP contribution is -2.31. The molecule has 2 nitrogen and oxygen atoms in total. The van der Waals surface area contributed by atoms with Crippen LogP contribution >= 0.6 is 23.1 Å². The van der Waals surface area contributed by atoms with Gasteiger partial charge in [-0.1, -0.05) is 50.8 Å². The monoisotopic (exact) mass is 343 g/mol. The number of hydrogen-bond donors (Lipinski definition) is 0. The van der Waals surface area contributed by atoms with E-state index < -0.39 is 0 Å². The summed E-state index contributed by atoms with van der Waals surface area (Å²) in [6.07, 6.45) is 1.86. The molecule has 120 valence electrons. The summed E-state index contributed by atoms with van der Waals surface area (Å²) in [6, 6.07) is 10.6. The highest BCUT2D eigenvalue weighted by atomic mass is 32.2. The summed E-state index contributed by atoms with van der Waals surface area (Å²) in [6.45, 7) is 8.95. The molecule has 0 N–H and O–H groups in total. The fourth-order valence-corrected chi connectivity index (χ4v) is 5.22. The summed E-state index contributed by atoms with van der Waals surface area (Å²) in [4.78, 5) is 15.6. The zero-order chi connectivity index (χ0) is 16.4. The molecule has 1 fully saturated rings. The summed E-state index contributed by atoms with van der Waals surface area (Å²) < 4.78 is 0. The third-order valence-corrected chi connectivity index (χ3v) is 6.24. The third-order valence-electron chi connectivity index (χ3n) is 3.91. The Kier molecular flexibility index (Phi) is 4.93. The van der Waals surface area contributed by atoms with E-state index in [9.17, 15) is 4.79 Å². The fraction of sp³-hybridized carbons (Fsp3) is 0.316. The van der Waals surface area contributed by atoms with Crippen molar-refractivity contribution in [1.29, 1.82) is 0 Å². The van der Waals surface area contributed by atoms with E-state index in [4.69, 9.17) is 0 Å². The number of amides is 1. The molecule has 1 aromatic heterocycles. The molecule has 1 saturated heterocycles. The molecule has 0 aliphatic carbocycles. The van der Waals surface area contributed by atoms with Gasteiger partial charge in [0.2, 0.25) is 5.91 Å². The molecule has 1 atom stereocenters. The van der Waals surface area contributed by atoms with Gasteiger partial charge in [0.15, 0.2) is 0 Å². The van der Waals surface area contributed by atoms with E-state index >= 15 is 0 Å². The van der Waals surface area contributed by atoms with Gasteiger partial charge >= 0.3 is 0 Å². The number of hydrogen-bond acceptors (Lipinski definition) is 3. The van der Waals surface area contributed by atoms with Gasteiger partial charge in [-0.3, -0.25) is 4.79 Å². The second kappa shape index (κ2) is 6.93. The van der Waals surface area contributed by atoms with Gasteiger partial charge < -0.3 is 4.90 Å². The van der Waals surface area contributed by atoms with E-state index in [0.717, 1.165) is 12.1 Å². The SMILES string of the molecule is C=Cc1ccc(-c2ccsc2C2SCC(=O)N2CC(C)C)cc1. The van der Waals surface area contributed by atoms with Crippen LogP contribution < -0.4 is 0 Å². The van der Waals surface area contributed by atoms with E-state index in [-0.39, 0.29) is 11.3 Å². The number of nitrogens with zero attached hydrogens (tertiary/aromatic N) is 1. The molecular formula is C19H21NOS2. The first-order valence-corrected chi connectivity index (χ1v) is 9.74. The Morgan fingerprint density at radius 3 is 2.70 bits per heavy atom. The first kappa shape index (κ1) is 16.3. The van der Waals surface area contributed by atoms with E-state index in [0.29, 0.717) is 11.7 Å². The molecular weight excluding hydrogens is 322 g/mol. The number of benzene rings is 1. The highest BCUT2D eigenvalue weighted by Crippen LogP contribution is 2.45. The van der Waals surface area contributed by atoms with Crippen LogP contribution in [0.4, 0.5) is 0 Å². The molecule has 0 radical (unpaired) electrons. The van der Waals surface area contributed by atoms with Gasteiger partial charge in [0.1, 0.15) is 5.37 Å². The molecule has 1 amide bonds. The second-order valence-electron chi connectivity index (χ2n) is 6.13. The maximum atomic E-state index is 12.2. The Morgan fingerprint density at radius 2 is 2.04 bits per heavy atom. The topological polar surface area (TPSA) is 20.3 Å². The second-order valence-corrected chi connectivity index (χ2v) is 8.14. The van der Waals surface area contributed by atoms with Crippen LogP contribution in [0, 0.1) is 5.92 Å². The highest BCUT2D eigenvalue weighted by molar-refractivity contribution is 8.00. The van der Waals surface area contributed by atoms with Crippen LogP contribution in [0.15, 0.2) is 42.3 Å². The molecule has 2 heterocycles. The van der Waals surface area contributed by atoms with Crippen molar-refractivity contribution in [3.8, 4) is 11.1 Å². The average Bonchev–Trinajstić information content (AvgIpc) is 3.15. The van der Waals surface area contributed by atoms with Crippen LogP contribution in [0.1, 0.15) is 29.7 Å². The van der Waals surface area contributed by atoms with Gasteiger partial charge in [-0.25, -0.2) is 0 Å². The average molecular weight is 344 g/mol. The lowest BCUT2D eigenvalue weighted by Gasteiger charge is -2.26. The van der Waals surface area contributed by atoms with E-state index in [1.807, 2.05) is 11.0 Å². The maximum absolute atomic E-state index is 12.2. The summed E-state index contributed by atoms with van der Waals surface area (Å²) >= 11 is 3.50. The smallest absolute Gasteiger partial charge is 0.233 e. The molecule has 0 spiro atoms. The Balaban J connectivity index is 1.93. The molecule has 2 aromatic rings. The molecule has 4 heteroatoms. The minimum atomic E-state index is 0.152. The van der Waals surface area contributed by atoms with Crippen LogP contribution in [-0.4, -0.2) is 23.1 Å². The summed E-state index contributed by atoms with van der Waals surface area (Å²) in [5.41, 5.74) is 3.57. The van der Waals surface area contributed by atoms with E-state index in [1.54, 1.807) is 23.1 Å². The first-order chi connectivity index (χ1) is 11.1. The van der Waals surface area contributed by atoms with Crippen LogP contribution in [0.3, 0.4) is 0 Å². The minimum Gasteiger partial charge on any atom is -0.325 e. The van der Waals surface area contributed by atoms with Crippen LogP contribution in [0.2, 0.25) is 0 Å². The molecule has 0 bridgehead atoms. The lowest BCUT2D eigenvalue weighted by molar-refractivity contribution is -0.128. The molecule has 1 aliphatic heterocycles. The van der Waals surface area contributed by atoms with E-state index in [1.165, 1.54) is 16.0 Å². The molecule has 1 aromatic carbocycles. The number of thiophene rings is 1. The third kappa shape index (κ3) is 3.38. The van der Waals surface area contributed by atoms with Gasteiger partial charge in [-0.15, -0.1) is 23.1 Å². The van der Waals surface area contributed by atoms with Crippen molar-refractivity contribution in [1.82, 2.24) is 4.90 Å². The summed E-state index contributed by atoms with van der Waals surface area (Å²) in [5.74, 6) is 1.33. The summed E-state index contributed by atoms with van der Waals surface area (Å²) in [7, 11) is 0. The van der Waals surface area contributed by atoms with Gasteiger partial charge in [-0.05, 0) is 34.1 Å². The number of rotatable bonds is 5. The van der Waals surface area contributed by atoms with Crippen molar-refractivity contribution in [2.45, 2.75) is 19.2 Å². The molecule has 1 aliphatic rings. The molecule has 1 unspecified atom stereocenters. The Hall–Kier alpha value is -1.52. The Labute approximate surface area is 146 Å². The van der Waals surface area contributed by atoms with Crippen molar-refractivity contribution in [3.63, 3.8) is 0 Å². The van der Waals surface area contributed by atoms with Crippen molar-refractivity contribution >= 4 is 35.1 Å². The van der Waals surface area contributed by atoms with Gasteiger partial charge in [0.25, 0.3) is 0 Å². The van der Waals surface area contributed by atoms with Crippen molar-refractivity contribution in [2.75, 3.05) is 12.3 Å². The molecule has 0 saturated carbocycles. The van der Waals surface area contributed by atoms with Crippen LogP contribution in [-0.2, 0) is 4.79 Å². The lowest BCUT2D eigenvalue weighted by atomic mass is 10.0. The normalized spacial score (nSPS) is 18.0. The Bertz CT molecular complexity index is 702. The maximum Gasteiger partial charge on any atom is 0.233 e. The van der Waals surface area contributed by atoms with Crippen LogP contribution in [0.25, 0.3) is 17.2 Å². The standard InChI is InChI=1S/C19H21NOS2/c1-4-14-5-7-15(8-6-14)16-9-10-22-18(16)19-20(11-13(2)3)17(21)12-23-19/h4-10,13,19H,1,11-12H2,2-3H3. The molecule has 3 rings (SSSR count). The predicted octanol–water partition coefficient (Wildman–Crippen LogP) is 5.29. The van der Waals surface area contributed by atoms with Crippen molar-refractivity contribution in [3.05, 3.63) is 52.7 Å². The van der Waals surface area contributed by atoms with E-state index in [2.05, 4.69) is 56.1 Å². The number of carbonyl (C=O) groups is 1. The fourth-order valence-electron chi connectivity index (χ4n) is 2.81. The molecule has 23 heavy (non-hydrogen) atoms. The number of carbonyl (C=O) groups excluding carboxylic acids is 1. The largest absolute Gasteiger partial charge is 0.325 e. The quantitative estimate of drug-likeness (QED) is 0.735. The Morgan fingerprint density at radius 1 is 1.30 bits per heavy atom. The zero-order valence-corrected chi connectivity index (χ0v) is 15.1. The van der Waals surface area contributed by atoms with Gasteiger partial charge in [-0.2, -0.15) is 0 Å². The van der Waals surface area contributed by atoms with Gasteiger partial charge in [0, 0.05) is 11.4 Å². The number of thioether (sulfide) groups is 1. The van der Waals surface area contributed by atoms with Crippen molar-refractivity contribution < 1.29 is 4.79 Å². The zero-order valence-electron chi connectivity index (χ0n) is 13.5.